The van der Waals surface area contributed by atoms with Crippen molar-refractivity contribution in [3.05, 3.63) is 45.6 Å². The Morgan fingerprint density at radius 2 is 2.00 bits per heavy atom. The maximum atomic E-state index is 12.6. The van der Waals surface area contributed by atoms with Crippen LogP contribution >= 0.6 is 11.3 Å². The van der Waals surface area contributed by atoms with Crippen molar-refractivity contribution in [1.29, 1.82) is 0 Å². The molecule has 0 saturated carbocycles. The molecule has 1 aromatic heterocycles. The quantitative estimate of drug-likeness (QED) is 0.856. The van der Waals surface area contributed by atoms with Crippen LogP contribution in [0.5, 0.6) is 0 Å². The Labute approximate surface area is 129 Å². The van der Waals surface area contributed by atoms with Gasteiger partial charge in [-0.2, -0.15) is 0 Å². The molecular formula is C15H19NO3S2. The molecule has 0 amide bonds. The predicted molar refractivity (Wildman–Crippen MR) is 86.2 cm³/mol. The molecule has 21 heavy (non-hydrogen) atoms. The fourth-order valence-corrected chi connectivity index (χ4v) is 5.03. The number of nitrogens with one attached hydrogen (secondary N) is 1. The van der Waals surface area contributed by atoms with Crippen LogP contribution in [-0.2, 0) is 23.1 Å². The topological polar surface area (TPSA) is 66.4 Å². The van der Waals surface area contributed by atoms with Crippen molar-refractivity contribution in [3.63, 3.8) is 0 Å². The second-order valence-electron chi connectivity index (χ2n) is 4.84. The molecule has 4 nitrogen and oxygen atoms in total. The van der Waals surface area contributed by atoms with Crippen LogP contribution in [0.3, 0.4) is 0 Å². The van der Waals surface area contributed by atoms with E-state index in [0.717, 1.165) is 18.4 Å². The highest BCUT2D eigenvalue weighted by Gasteiger charge is 2.23. The van der Waals surface area contributed by atoms with Crippen molar-refractivity contribution < 1.29 is 13.5 Å². The van der Waals surface area contributed by atoms with Gasteiger partial charge >= 0.3 is 0 Å². The molecule has 0 bridgehead atoms. The van der Waals surface area contributed by atoms with Gasteiger partial charge in [-0.25, -0.2) is 8.42 Å². The Kier molecular flexibility index (Phi) is 5.03. The molecule has 0 aliphatic rings. The van der Waals surface area contributed by atoms with Crippen molar-refractivity contribution in [3.8, 4) is 0 Å². The van der Waals surface area contributed by atoms with E-state index in [-0.39, 0.29) is 11.5 Å². The fraction of sp³-hybridized carbons (Fsp3) is 0.333. The molecule has 1 heterocycles. The SMILES string of the molecule is CCCc1ccccc1NS(=O)(=O)c1c(C)csc1CO. The summed E-state index contributed by atoms with van der Waals surface area (Å²) >= 11 is 1.26. The number of para-hydroxylation sites is 1. The van der Waals surface area contributed by atoms with E-state index in [9.17, 15) is 13.5 Å². The zero-order chi connectivity index (χ0) is 15.5. The van der Waals surface area contributed by atoms with Crippen molar-refractivity contribution in [2.75, 3.05) is 4.72 Å². The van der Waals surface area contributed by atoms with Crippen LogP contribution in [0.25, 0.3) is 0 Å². The molecular weight excluding hydrogens is 306 g/mol. The summed E-state index contributed by atoms with van der Waals surface area (Å²) in [6.45, 7) is 3.52. The lowest BCUT2D eigenvalue weighted by Gasteiger charge is -2.13. The molecule has 0 atom stereocenters. The maximum absolute atomic E-state index is 12.6. The Balaban J connectivity index is 2.40. The highest BCUT2D eigenvalue weighted by molar-refractivity contribution is 7.93. The Morgan fingerprint density at radius 1 is 1.29 bits per heavy atom. The van der Waals surface area contributed by atoms with E-state index in [4.69, 9.17) is 0 Å². The number of hydrogen-bond acceptors (Lipinski definition) is 4. The standard InChI is InChI=1S/C15H19NO3S2/c1-3-6-12-7-4-5-8-13(12)16-21(18,19)15-11(2)10-20-14(15)9-17/h4-5,7-8,10,16-17H,3,6,9H2,1-2H3. The lowest BCUT2D eigenvalue weighted by atomic mass is 10.1. The van der Waals surface area contributed by atoms with Crippen LogP contribution in [0.1, 0.15) is 29.3 Å². The number of aryl methyl sites for hydroxylation is 2. The molecule has 2 N–H and O–H groups in total. The number of aliphatic hydroxyl groups is 1. The van der Waals surface area contributed by atoms with Crippen molar-refractivity contribution >= 4 is 27.0 Å². The Bertz CT molecular complexity index is 720. The minimum absolute atomic E-state index is 0.196. The van der Waals surface area contributed by atoms with E-state index in [1.165, 1.54) is 11.3 Å². The zero-order valence-electron chi connectivity index (χ0n) is 12.1. The van der Waals surface area contributed by atoms with Crippen LogP contribution in [0, 0.1) is 6.92 Å². The van der Waals surface area contributed by atoms with Gasteiger partial charge in [-0.15, -0.1) is 11.3 Å². The second kappa shape index (κ2) is 6.60. The first-order valence-corrected chi connectivity index (χ1v) is 9.14. The van der Waals surface area contributed by atoms with Crippen molar-refractivity contribution in [2.24, 2.45) is 0 Å². The molecule has 0 unspecified atom stereocenters. The molecule has 0 saturated heterocycles. The average molecular weight is 325 g/mol. The first-order chi connectivity index (χ1) is 9.99. The lowest BCUT2D eigenvalue weighted by Crippen LogP contribution is -2.16. The minimum Gasteiger partial charge on any atom is -0.391 e. The summed E-state index contributed by atoms with van der Waals surface area (Å²) in [4.78, 5) is 0.661. The van der Waals surface area contributed by atoms with E-state index in [1.807, 2.05) is 18.2 Å². The Morgan fingerprint density at radius 3 is 2.67 bits per heavy atom. The molecule has 0 aliphatic heterocycles. The molecule has 0 aliphatic carbocycles. The number of aliphatic hydroxyl groups excluding tert-OH is 1. The first kappa shape index (κ1) is 16.0. The second-order valence-corrected chi connectivity index (χ2v) is 7.43. The number of benzene rings is 1. The third kappa shape index (κ3) is 3.45. The normalized spacial score (nSPS) is 11.6. The lowest BCUT2D eigenvalue weighted by molar-refractivity contribution is 0.282. The zero-order valence-corrected chi connectivity index (χ0v) is 13.7. The molecule has 1 aromatic carbocycles. The van der Waals surface area contributed by atoms with Crippen LogP contribution < -0.4 is 4.72 Å². The van der Waals surface area contributed by atoms with Gasteiger partial charge in [-0.1, -0.05) is 31.5 Å². The summed E-state index contributed by atoms with van der Waals surface area (Å²) in [5.74, 6) is 0. The number of anilines is 1. The summed E-state index contributed by atoms with van der Waals surface area (Å²) in [5, 5.41) is 11.1. The molecule has 6 heteroatoms. The summed E-state index contributed by atoms with van der Waals surface area (Å²) in [5.41, 5.74) is 2.24. The van der Waals surface area contributed by atoms with Gasteiger partial charge in [0.05, 0.1) is 17.2 Å². The van der Waals surface area contributed by atoms with Crippen molar-refractivity contribution in [1.82, 2.24) is 0 Å². The third-order valence-corrected chi connectivity index (χ3v) is 6.00. The van der Waals surface area contributed by atoms with Gasteiger partial charge in [0, 0.05) is 0 Å². The van der Waals surface area contributed by atoms with Gasteiger partial charge in [0.15, 0.2) is 0 Å². The van der Waals surface area contributed by atoms with E-state index >= 15 is 0 Å². The highest BCUT2D eigenvalue weighted by Crippen LogP contribution is 2.29. The van der Waals surface area contributed by atoms with Gasteiger partial charge in [0.25, 0.3) is 10.0 Å². The van der Waals surface area contributed by atoms with E-state index in [2.05, 4.69) is 11.6 Å². The van der Waals surface area contributed by atoms with E-state index < -0.39 is 10.0 Å². The molecule has 0 spiro atoms. The third-order valence-electron chi connectivity index (χ3n) is 3.18. The number of sulfonamides is 1. The molecule has 0 fully saturated rings. The highest BCUT2D eigenvalue weighted by atomic mass is 32.2. The summed E-state index contributed by atoms with van der Waals surface area (Å²) < 4.78 is 27.9. The summed E-state index contributed by atoms with van der Waals surface area (Å²) in [6, 6.07) is 7.40. The van der Waals surface area contributed by atoms with E-state index in [1.54, 1.807) is 18.4 Å². The molecule has 114 valence electrons. The van der Waals surface area contributed by atoms with Crippen LogP contribution in [-0.4, -0.2) is 13.5 Å². The predicted octanol–water partition coefficient (Wildman–Crippen LogP) is 3.30. The minimum atomic E-state index is -3.68. The van der Waals surface area contributed by atoms with Gasteiger partial charge in [0.2, 0.25) is 0 Å². The Hall–Kier alpha value is -1.37. The number of rotatable bonds is 6. The fourth-order valence-electron chi connectivity index (χ4n) is 2.26. The van der Waals surface area contributed by atoms with Crippen LogP contribution in [0.2, 0.25) is 0 Å². The van der Waals surface area contributed by atoms with Crippen molar-refractivity contribution in [2.45, 2.75) is 38.2 Å². The van der Waals surface area contributed by atoms with Gasteiger partial charge in [0.1, 0.15) is 4.90 Å². The average Bonchev–Trinajstić information content (AvgIpc) is 2.83. The summed E-state index contributed by atoms with van der Waals surface area (Å²) in [6.07, 6.45) is 1.76. The molecule has 0 radical (unpaired) electrons. The summed E-state index contributed by atoms with van der Waals surface area (Å²) in [7, 11) is -3.68. The molecule has 2 aromatic rings. The number of hydrogen-bond donors (Lipinski definition) is 2. The van der Waals surface area contributed by atoms with Gasteiger partial charge < -0.3 is 5.11 Å². The monoisotopic (exact) mass is 325 g/mol. The molecule has 2 rings (SSSR count). The van der Waals surface area contributed by atoms with Crippen LogP contribution in [0.15, 0.2) is 34.5 Å². The maximum Gasteiger partial charge on any atom is 0.263 e. The van der Waals surface area contributed by atoms with Gasteiger partial charge in [-0.3, -0.25) is 4.72 Å². The first-order valence-electron chi connectivity index (χ1n) is 6.78. The smallest absolute Gasteiger partial charge is 0.263 e. The number of thiophene rings is 1. The van der Waals surface area contributed by atoms with E-state index in [0.29, 0.717) is 16.1 Å². The largest absolute Gasteiger partial charge is 0.391 e. The van der Waals surface area contributed by atoms with Gasteiger partial charge in [-0.05, 0) is 35.9 Å². The van der Waals surface area contributed by atoms with Crippen LogP contribution in [0.4, 0.5) is 5.69 Å².